The van der Waals surface area contributed by atoms with Gasteiger partial charge in [0.25, 0.3) is 0 Å². The van der Waals surface area contributed by atoms with Gasteiger partial charge in [-0.05, 0) is 81.7 Å². The molecule has 0 bridgehead atoms. The Kier molecular flexibility index (Phi) is 4.96. The topological polar surface area (TPSA) is 12.0 Å². The van der Waals surface area contributed by atoms with Gasteiger partial charge in [-0.2, -0.15) is 0 Å². The second kappa shape index (κ2) is 6.19. The monoisotopic (exact) mass is 293 g/mol. The average molecular weight is 294 g/mol. The lowest BCUT2D eigenvalue weighted by molar-refractivity contribution is 0.112. The van der Waals surface area contributed by atoms with E-state index in [0.29, 0.717) is 5.41 Å². The summed E-state index contributed by atoms with van der Waals surface area (Å²) < 4.78 is 0. The van der Waals surface area contributed by atoms with E-state index < -0.39 is 0 Å². The minimum absolute atomic E-state index is 0.237. The molecule has 1 N–H and O–H groups in total. The third-order valence-corrected chi connectivity index (χ3v) is 5.51. The van der Waals surface area contributed by atoms with Crippen LogP contribution in [0.3, 0.4) is 0 Å². The quantitative estimate of drug-likeness (QED) is 0.812. The molecule has 0 radical (unpaired) electrons. The van der Waals surface area contributed by atoms with Crippen LogP contribution >= 0.6 is 11.3 Å². The highest BCUT2D eigenvalue weighted by molar-refractivity contribution is 7.09. The summed E-state index contributed by atoms with van der Waals surface area (Å²) in [6, 6.07) is 4.50. The third kappa shape index (κ3) is 4.89. The number of thiophene rings is 1. The van der Waals surface area contributed by atoms with Gasteiger partial charge >= 0.3 is 0 Å². The van der Waals surface area contributed by atoms with E-state index in [9.17, 15) is 0 Å². The highest BCUT2D eigenvalue weighted by Crippen LogP contribution is 2.43. The fourth-order valence-electron chi connectivity index (χ4n) is 3.42. The summed E-state index contributed by atoms with van der Waals surface area (Å²) in [7, 11) is 0. The Morgan fingerprint density at radius 1 is 1.30 bits per heavy atom. The van der Waals surface area contributed by atoms with Crippen LogP contribution < -0.4 is 5.32 Å². The molecule has 0 saturated heterocycles. The van der Waals surface area contributed by atoms with Crippen molar-refractivity contribution in [2.24, 2.45) is 17.3 Å². The van der Waals surface area contributed by atoms with Crippen molar-refractivity contribution in [1.29, 1.82) is 0 Å². The van der Waals surface area contributed by atoms with Gasteiger partial charge in [0.1, 0.15) is 0 Å². The standard InChI is InChI=1S/C18H31NS/c1-17(2,3)19-13-14-8-9-18(4,5)12-15(14)11-16-7-6-10-20-16/h6-7,10,14-15,19H,8-9,11-13H2,1-5H3. The zero-order valence-electron chi connectivity index (χ0n) is 13.8. The first-order valence-electron chi connectivity index (χ1n) is 8.03. The highest BCUT2D eigenvalue weighted by Gasteiger charge is 2.35. The first kappa shape index (κ1) is 16.0. The minimum Gasteiger partial charge on any atom is -0.312 e. The Hall–Kier alpha value is -0.340. The van der Waals surface area contributed by atoms with Crippen LogP contribution in [0.1, 0.15) is 58.8 Å². The van der Waals surface area contributed by atoms with Crippen molar-refractivity contribution >= 4 is 11.3 Å². The zero-order valence-corrected chi connectivity index (χ0v) is 14.6. The van der Waals surface area contributed by atoms with Crippen LogP contribution in [0, 0.1) is 17.3 Å². The van der Waals surface area contributed by atoms with E-state index in [1.54, 1.807) is 4.88 Å². The number of rotatable bonds is 4. The highest BCUT2D eigenvalue weighted by atomic mass is 32.1. The lowest BCUT2D eigenvalue weighted by atomic mass is 9.66. The van der Waals surface area contributed by atoms with Crippen LogP contribution in [-0.2, 0) is 6.42 Å². The maximum absolute atomic E-state index is 3.73. The Morgan fingerprint density at radius 2 is 2.05 bits per heavy atom. The van der Waals surface area contributed by atoms with Crippen molar-refractivity contribution in [2.75, 3.05) is 6.54 Å². The van der Waals surface area contributed by atoms with Crippen LogP contribution in [0.5, 0.6) is 0 Å². The molecule has 0 aromatic carbocycles. The van der Waals surface area contributed by atoms with Crippen molar-refractivity contribution in [2.45, 2.75) is 65.8 Å². The zero-order chi connectivity index (χ0) is 14.8. The first-order chi connectivity index (χ1) is 9.25. The molecular formula is C18H31NS. The molecule has 1 aliphatic rings. The maximum atomic E-state index is 3.73. The Morgan fingerprint density at radius 3 is 2.65 bits per heavy atom. The molecule has 1 nitrogen and oxygen atoms in total. The molecule has 1 fully saturated rings. The average Bonchev–Trinajstić information content (AvgIpc) is 2.78. The van der Waals surface area contributed by atoms with Crippen LogP contribution in [0.4, 0.5) is 0 Å². The second-order valence-corrected chi connectivity index (χ2v) is 9.37. The molecular weight excluding hydrogens is 262 g/mol. The molecule has 1 aromatic heterocycles. The summed E-state index contributed by atoms with van der Waals surface area (Å²) in [6.45, 7) is 12.9. The fraction of sp³-hybridized carbons (Fsp3) is 0.778. The Balaban J connectivity index is 2.00. The largest absolute Gasteiger partial charge is 0.312 e. The van der Waals surface area contributed by atoms with Crippen LogP contribution in [0.15, 0.2) is 17.5 Å². The van der Waals surface area contributed by atoms with E-state index in [4.69, 9.17) is 0 Å². The normalized spacial score (nSPS) is 26.6. The molecule has 2 heteroatoms. The molecule has 2 unspecified atom stereocenters. The van der Waals surface area contributed by atoms with E-state index in [1.807, 2.05) is 11.3 Å². The van der Waals surface area contributed by atoms with E-state index in [-0.39, 0.29) is 5.54 Å². The molecule has 20 heavy (non-hydrogen) atoms. The molecule has 2 rings (SSSR count). The molecule has 0 spiro atoms. The van der Waals surface area contributed by atoms with Gasteiger partial charge in [0.05, 0.1) is 0 Å². The number of hydrogen-bond acceptors (Lipinski definition) is 2. The first-order valence-corrected chi connectivity index (χ1v) is 8.91. The third-order valence-electron chi connectivity index (χ3n) is 4.61. The SMILES string of the molecule is CC1(C)CCC(CNC(C)(C)C)C(Cc2cccs2)C1. The Labute approximate surface area is 129 Å². The van der Waals surface area contributed by atoms with Gasteiger partial charge in [-0.25, -0.2) is 0 Å². The molecule has 1 aromatic rings. The molecule has 1 aliphatic carbocycles. The van der Waals surface area contributed by atoms with E-state index in [2.05, 4.69) is 57.4 Å². The van der Waals surface area contributed by atoms with Gasteiger partial charge in [0.15, 0.2) is 0 Å². The van der Waals surface area contributed by atoms with Gasteiger partial charge in [-0.1, -0.05) is 19.9 Å². The van der Waals surface area contributed by atoms with Crippen LogP contribution in [0.25, 0.3) is 0 Å². The fourth-order valence-corrected chi connectivity index (χ4v) is 4.22. The number of nitrogens with one attached hydrogen (secondary N) is 1. The predicted molar refractivity (Wildman–Crippen MR) is 90.4 cm³/mol. The van der Waals surface area contributed by atoms with Crippen LogP contribution in [-0.4, -0.2) is 12.1 Å². The lowest BCUT2D eigenvalue weighted by Gasteiger charge is -2.42. The van der Waals surface area contributed by atoms with Gasteiger partial charge in [0.2, 0.25) is 0 Å². The molecule has 0 amide bonds. The molecule has 0 aliphatic heterocycles. The lowest BCUT2D eigenvalue weighted by Crippen LogP contribution is -2.43. The van der Waals surface area contributed by atoms with Crippen molar-refractivity contribution in [3.05, 3.63) is 22.4 Å². The summed E-state index contributed by atoms with van der Waals surface area (Å²) in [4.78, 5) is 1.56. The minimum atomic E-state index is 0.237. The maximum Gasteiger partial charge on any atom is 0.00966 e. The summed E-state index contributed by atoms with van der Waals surface area (Å²) in [5, 5.41) is 5.95. The van der Waals surface area contributed by atoms with E-state index in [1.165, 1.54) is 32.2 Å². The van der Waals surface area contributed by atoms with Gasteiger partial charge < -0.3 is 5.32 Å². The summed E-state index contributed by atoms with van der Waals surface area (Å²) in [5.74, 6) is 1.68. The summed E-state index contributed by atoms with van der Waals surface area (Å²) in [6.07, 6.45) is 5.41. The number of hydrogen-bond donors (Lipinski definition) is 1. The van der Waals surface area contributed by atoms with Crippen molar-refractivity contribution in [3.63, 3.8) is 0 Å². The van der Waals surface area contributed by atoms with E-state index >= 15 is 0 Å². The molecule has 114 valence electrons. The molecule has 1 saturated carbocycles. The summed E-state index contributed by atoms with van der Waals surface area (Å²) in [5.41, 5.74) is 0.764. The summed E-state index contributed by atoms with van der Waals surface area (Å²) >= 11 is 1.92. The van der Waals surface area contributed by atoms with Crippen LogP contribution in [0.2, 0.25) is 0 Å². The Bertz CT molecular complexity index is 400. The van der Waals surface area contributed by atoms with Gasteiger partial charge in [0, 0.05) is 10.4 Å². The molecule has 1 heterocycles. The van der Waals surface area contributed by atoms with Crippen molar-refractivity contribution < 1.29 is 0 Å². The van der Waals surface area contributed by atoms with Crippen molar-refractivity contribution in [1.82, 2.24) is 5.32 Å². The molecule has 2 atom stereocenters. The van der Waals surface area contributed by atoms with Crippen molar-refractivity contribution in [3.8, 4) is 0 Å². The van der Waals surface area contributed by atoms with E-state index in [0.717, 1.165) is 11.8 Å². The smallest absolute Gasteiger partial charge is 0.00966 e. The predicted octanol–water partition coefficient (Wildman–Crippen LogP) is 5.12. The van der Waals surface area contributed by atoms with Gasteiger partial charge in [-0.15, -0.1) is 11.3 Å². The van der Waals surface area contributed by atoms with Gasteiger partial charge in [-0.3, -0.25) is 0 Å². The second-order valence-electron chi connectivity index (χ2n) is 8.34.